The van der Waals surface area contributed by atoms with E-state index in [2.05, 4.69) is 10.3 Å². The van der Waals surface area contributed by atoms with Crippen LogP contribution in [0.4, 0.5) is 10.8 Å². The molecule has 0 aliphatic heterocycles. The molecular weight excluding hydrogens is 258 g/mol. The van der Waals surface area contributed by atoms with E-state index in [0.29, 0.717) is 16.4 Å². The van der Waals surface area contributed by atoms with Gasteiger partial charge in [0.2, 0.25) is 0 Å². The van der Waals surface area contributed by atoms with Crippen LogP contribution in [0.5, 0.6) is 0 Å². The van der Waals surface area contributed by atoms with Crippen molar-refractivity contribution in [3.05, 3.63) is 39.9 Å². The molecule has 0 bridgehead atoms. The van der Waals surface area contributed by atoms with Crippen molar-refractivity contribution in [3.63, 3.8) is 0 Å². The van der Waals surface area contributed by atoms with E-state index in [4.69, 9.17) is 5.73 Å². The number of fused-ring (bicyclic) bond motifs is 1. The van der Waals surface area contributed by atoms with Gasteiger partial charge in [0.05, 0.1) is 11.3 Å². The van der Waals surface area contributed by atoms with Crippen molar-refractivity contribution in [1.82, 2.24) is 4.98 Å². The molecule has 1 aromatic heterocycles. The van der Waals surface area contributed by atoms with Gasteiger partial charge in [-0.3, -0.25) is 10.1 Å². The number of nitrogens with one attached hydrogen (secondary N) is 1. The molecule has 3 rings (SSSR count). The number of hydrogen-bond acceptors (Lipinski definition) is 4. The molecule has 98 valence electrons. The van der Waals surface area contributed by atoms with Crippen LogP contribution >= 0.6 is 11.3 Å². The van der Waals surface area contributed by atoms with Crippen molar-refractivity contribution >= 4 is 28.1 Å². The third-order valence-corrected chi connectivity index (χ3v) is 4.34. The van der Waals surface area contributed by atoms with Crippen molar-refractivity contribution in [2.45, 2.75) is 26.2 Å². The Balaban J connectivity index is 1.80. The Kier molecular flexibility index (Phi) is 2.98. The highest BCUT2D eigenvalue weighted by Gasteiger charge is 2.18. The molecule has 3 N–H and O–H groups in total. The smallest absolute Gasteiger partial charge is 0.259 e. The third-order valence-electron chi connectivity index (χ3n) is 3.27. The first-order valence-electron chi connectivity index (χ1n) is 6.29. The molecule has 4 nitrogen and oxygen atoms in total. The standard InChI is InChI=1S/C14H15N3OS/c1-8-5-6-9(10(15)7-8)13(18)17-14-16-11-3-2-4-12(11)19-14/h5-7H,2-4,15H2,1H3,(H,16,17,18). The number of carbonyl (C=O) groups excluding carboxylic acids is 1. The maximum atomic E-state index is 12.1. The van der Waals surface area contributed by atoms with Crippen LogP contribution in [0, 0.1) is 6.92 Å². The van der Waals surface area contributed by atoms with Gasteiger partial charge in [-0.15, -0.1) is 11.3 Å². The first-order valence-corrected chi connectivity index (χ1v) is 7.11. The number of rotatable bonds is 2. The SMILES string of the molecule is Cc1ccc(C(=O)Nc2nc3c(s2)CCC3)c(N)c1. The van der Waals surface area contributed by atoms with Crippen molar-refractivity contribution < 1.29 is 4.79 Å². The summed E-state index contributed by atoms with van der Waals surface area (Å²) in [5.41, 5.74) is 9.05. The Hall–Kier alpha value is -1.88. The fraction of sp³-hybridized carbons (Fsp3) is 0.286. The second-order valence-corrected chi connectivity index (χ2v) is 5.87. The summed E-state index contributed by atoms with van der Waals surface area (Å²) in [7, 11) is 0. The lowest BCUT2D eigenvalue weighted by Gasteiger charge is -2.06. The summed E-state index contributed by atoms with van der Waals surface area (Å²) >= 11 is 1.57. The quantitative estimate of drug-likeness (QED) is 0.827. The number of hydrogen-bond donors (Lipinski definition) is 2. The van der Waals surface area contributed by atoms with E-state index >= 15 is 0 Å². The minimum atomic E-state index is -0.190. The minimum absolute atomic E-state index is 0.190. The number of carbonyl (C=O) groups is 1. The maximum absolute atomic E-state index is 12.1. The van der Waals surface area contributed by atoms with Crippen LogP contribution < -0.4 is 11.1 Å². The number of thiazole rings is 1. The topological polar surface area (TPSA) is 68.0 Å². The summed E-state index contributed by atoms with van der Waals surface area (Å²) in [5.74, 6) is -0.190. The molecule has 5 heteroatoms. The highest BCUT2D eigenvalue weighted by atomic mass is 32.1. The van der Waals surface area contributed by atoms with Crippen LogP contribution in [-0.4, -0.2) is 10.9 Å². The van der Waals surface area contributed by atoms with Gasteiger partial charge >= 0.3 is 0 Å². The molecule has 1 aliphatic rings. The van der Waals surface area contributed by atoms with E-state index in [9.17, 15) is 4.79 Å². The van der Waals surface area contributed by atoms with Crippen LogP contribution in [-0.2, 0) is 12.8 Å². The number of nitrogen functional groups attached to an aromatic ring is 1. The number of amides is 1. The molecule has 0 fully saturated rings. The number of nitrogens with zero attached hydrogens (tertiary/aromatic N) is 1. The Labute approximate surface area is 115 Å². The lowest BCUT2D eigenvalue weighted by Crippen LogP contribution is -2.14. The van der Waals surface area contributed by atoms with E-state index in [0.717, 1.165) is 24.1 Å². The highest BCUT2D eigenvalue weighted by molar-refractivity contribution is 7.16. The predicted octanol–water partition coefficient (Wildman–Crippen LogP) is 2.77. The molecule has 0 spiro atoms. The molecule has 1 aliphatic carbocycles. The van der Waals surface area contributed by atoms with Crippen molar-refractivity contribution in [1.29, 1.82) is 0 Å². The van der Waals surface area contributed by atoms with Crippen molar-refractivity contribution in [2.75, 3.05) is 11.1 Å². The maximum Gasteiger partial charge on any atom is 0.259 e. The van der Waals surface area contributed by atoms with Crippen LogP contribution in [0.2, 0.25) is 0 Å². The summed E-state index contributed by atoms with van der Waals surface area (Å²) in [5, 5.41) is 3.51. The highest BCUT2D eigenvalue weighted by Crippen LogP contribution is 2.30. The number of benzene rings is 1. The van der Waals surface area contributed by atoms with Gasteiger partial charge in [0, 0.05) is 10.6 Å². The predicted molar refractivity (Wildman–Crippen MR) is 77.7 cm³/mol. The van der Waals surface area contributed by atoms with Gasteiger partial charge in [-0.05, 0) is 43.9 Å². The Morgan fingerprint density at radius 3 is 3.00 bits per heavy atom. The summed E-state index contributed by atoms with van der Waals surface area (Å²) in [6.07, 6.45) is 3.28. The zero-order valence-electron chi connectivity index (χ0n) is 10.7. The number of nitrogens with two attached hydrogens (primary N) is 1. The van der Waals surface area contributed by atoms with E-state index in [1.54, 1.807) is 23.5 Å². The largest absolute Gasteiger partial charge is 0.398 e. The monoisotopic (exact) mass is 273 g/mol. The zero-order valence-corrected chi connectivity index (χ0v) is 11.5. The van der Waals surface area contributed by atoms with E-state index in [-0.39, 0.29) is 5.91 Å². The molecule has 0 radical (unpaired) electrons. The molecule has 1 aromatic carbocycles. The Morgan fingerprint density at radius 2 is 2.26 bits per heavy atom. The fourth-order valence-electron chi connectivity index (χ4n) is 2.30. The lowest BCUT2D eigenvalue weighted by molar-refractivity contribution is 0.102. The van der Waals surface area contributed by atoms with Crippen molar-refractivity contribution in [3.8, 4) is 0 Å². The van der Waals surface area contributed by atoms with E-state index in [1.165, 1.54) is 11.3 Å². The molecule has 0 saturated heterocycles. The second kappa shape index (κ2) is 4.66. The third kappa shape index (κ3) is 2.33. The Bertz CT molecular complexity index is 627. The fourth-order valence-corrected chi connectivity index (χ4v) is 3.34. The zero-order chi connectivity index (χ0) is 13.4. The first-order chi connectivity index (χ1) is 9.13. The van der Waals surface area contributed by atoms with Gasteiger partial charge in [-0.2, -0.15) is 0 Å². The summed E-state index contributed by atoms with van der Waals surface area (Å²) < 4.78 is 0. The first kappa shape index (κ1) is 12.2. The van der Waals surface area contributed by atoms with Gasteiger partial charge in [0.25, 0.3) is 5.91 Å². The Morgan fingerprint density at radius 1 is 1.42 bits per heavy atom. The average molecular weight is 273 g/mol. The number of aryl methyl sites for hydroxylation is 3. The molecule has 0 saturated carbocycles. The van der Waals surface area contributed by atoms with Gasteiger partial charge < -0.3 is 5.73 Å². The van der Waals surface area contributed by atoms with Crippen LogP contribution in [0.1, 0.15) is 32.9 Å². The normalized spacial score (nSPS) is 13.3. The van der Waals surface area contributed by atoms with Gasteiger partial charge in [0.1, 0.15) is 0 Å². The van der Waals surface area contributed by atoms with Crippen LogP contribution in [0.3, 0.4) is 0 Å². The van der Waals surface area contributed by atoms with Crippen LogP contribution in [0.25, 0.3) is 0 Å². The molecule has 19 heavy (non-hydrogen) atoms. The van der Waals surface area contributed by atoms with E-state index in [1.807, 2.05) is 13.0 Å². The molecular formula is C14H15N3OS. The summed E-state index contributed by atoms with van der Waals surface area (Å²) in [6.45, 7) is 1.95. The second-order valence-electron chi connectivity index (χ2n) is 4.79. The van der Waals surface area contributed by atoms with Gasteiger partial charge in [-0.1, -0.05) is 6.07 Å². The molecule has 0 atom stereocenters. The van der Waals surface area contributed by atoms with Crippen LogP contribution in [0.15, 0.2) is 18.2 Å². The molecule has 2 aromatic rings. The minimum Gasteiger partial charge on any atom is -0.398 e. The average Bonchev–Trinajstić information content (AvgIpc) is 2.89. The molecule has 0 unspecified atom stereocenters. The molecule has 1 heterocycles. The van der Waals surface area contributed by atoms with Gasteiger partial charge in [-0.25, -0.2) is 4.98 Å². The number of aromatic nitrogens is 1. The van der Waals surface area contributed by atoms with E-state index < -0.39 is 0 Å². The van der Waals surface area contributed by atoms with Crippen molar-refractivity contribution in [2.24, 2.45) is 0 Å². The molecule has 1 amide bonds. The number of anilines is 2. The summed E-state index contributed by atoms with van der Waals surface area (Å²) in [4.78, 5) is 17.9. The lowest BCUT2D eigenvalue weighted by atomic mass is 10.1. The summed E-state index contributed by atoms with van der Waals surface area (Å²) in [6, 6.07) is 5.44. The van der Waals surface area contributed by atoms with Gasteiger partial charge in [0.15, 0.2) is 5.13 Å².